The van der Waals surface area contributed by atoms with Crippen LogP contribution in [0.2, 0.25) is 0 Å². The van der Waals surface area contributed by atoms with Gasteiger partial charge in [-0.05, 0) is 0 Å². The molecule has 0 radical (unpaired) electrons. The Hall–Kier alpha value is -1.16. The lowest BCUT2D eigenvalue weighted by molar-refractivity contribution is -0.129. The van der Waals surface area contributed by atoms with E-state index in [9.17, 15) is 9.59 Å². The number of hydrogen-bond donors (Lipinski definition) is 2. The minimum absolute atomic E-state index is 0.286. The molecular weight excluding hydrogens is 144 g/mol. The maximum atomic E-state index is 11.0. The lowest BCUT2D eigenvalue weighted by atomic mass is 10.3. The average molecular weight is 154 g/mol. The molecule has 11 heavy (non-hydrogen) atoms. The molecule has 0 aliphatic carbocycles. The van der Waals surface area contributed by atoms with Crippen LogP contribution in [-0.2, 0) is 9.59 Å². The van der Waals surface area contributed by atoms with Crippen LogP contribution in [0.15, 0.2) is 12.2 Å². The van der Waals surface area contributed by atoms with E-state index in [1.165, 1.54) is 6.92 Å². The third-order valence-electron chi connectivity index (χ3n) is 1.37. The minimum Gasteiger partial charge on any atom is -0.299 e. The van der Waals surface area contributed by atoms with Gasteiger partial charge < -0.3 is 0 Å². The van der Waals surface area contributed by atoms with E-state index in [1.54, 1.807) is 6.08 Å². The fourth-order valence-corrected chi connectivity index (χ4v) is 0.899. The van der Waals surface area contributed by atoms with E-state index < -0.39 is 0 Å². The molecule has 1 rings (SSSR count). The molecule has 1 aliphatic rings. The first-order chi connectivity index (χ1) is 5.20. The zero-order valence-electron chi connectivity index (χ0n) is 6.26. The topological polar surface area (TPSA) is 58.2 Å². The highest BCUT2D eigenvalue weighted by molar-refractivity contribution is 5.97. The van der Waals surface area contributed by atoms with Gasteiger partial charge in [-0.2, -0.15) is 0 Å². The van der Waals surface area contributed by atoms with Gasteiger partial charge in [0.15, 0.2) is 0 Å². The highest BCUT2D eigenvalue weighted by atomic mass is 16.2. The first kappa shape index (κ1) is 7.94. The van der Waals surface area contributed by atoms with Crippen LogP contribution in [0.4, 0.5) is 0 Å². The number of rotatable bonds is 1. The van der Waals surface area contributed by atoms with Gasteiger partial charge in [0, 0.05) is 13.5 Å². The molecule has 2 N–H and O–H groups in total. The predicted octanol–water partition coefficient (Wildman–Crippen LogP) is -0.823. The third-order valence-corrected chi connectivity index (χ3v) is 1.37. The maximum Gasteiger partial charge on any atom is 0.247 e. The summed E-state index contributed by atoms with van der Waals surface area (Å²) in [5, 5.41) is 5.08. The average Bonchev–Trinajstić information content (AvgIpc) is 2.35. The Morgan fingerprint density at radius 3 is 2.82 bits per heavy atom. The molecule has 0 saturated carbocycles. The second-order valence-corrected chi connectivity index (χ2v) is 2.36. The summed E-state index contributed by atoms with van der Waals surface area (Å²) in [5.41, 5.74) is 0. The molecule has 0 aromatic carbocycles. The second kappa shape index (κ2) is 3.30. The van der Waals surface area contributed by atoms with Crippen molar-refractivity contribution in [2.24, 2.45) is 0 Å². The van der Waals surface area contributed by atoms with E-state index in [4.69, 9.17) is 0 Å². The summed E-state index contributed by atoms with van der Waals surface area (Å²) in [6, 6.07) is -0.334. The molecule has 60 valence electrons. The van der Waals surface area contributed by atoms with Gasteiger partial charge in [0.05, 0.1) is 0 Å². The van der Waals surface area contributed by atoms with Crippen LogP contribution >= 0.6 is 0 Å². The Morgan fingerprint density at radius 1 is 1.64 bits per heavy atom. The molecule has 4 nitrogen and oxygen atoms in total. The summed E-state index contributed by atoms with van der Waals surface area (Å²) in [4.78, 5) is 21.4. The van der Waals surface area contributed by atoms with Gasteiger partial charge in [-0.15, -0.1) is 0 Å². The highest BCUT2D eigenvalue weighted by Crippen LogP contribution is 1.93. The van der Waals surface area contributed by atoms with E-state index in [0.29, 0.717) is 6.54 Å². The minimum atomic E-state index is -0.334. The van der Waals surface area contributed by atoms with Gasteiger partial charge in [0.1, 0.15) is 6.04 Å². The monoisotopic (exact) mass is 154 g/mol. The number of carbonyl (C=O) groups excluding carboxylic acids is 2. The van der Waals surface area contributed by atoms with Crippen molar-refractivity contribution in [1.82, 2.24) is 10.6 Å². The quantitative estimate of drug-likeness (QED) is 0.485. The lowest BCUT2D eigenvalue weighted by Crippen LogP contribution is -2.42. The molecule has 0 spiro atoms. The molecule has 0 saturated heterocycles. The smallest absolute Gasteiger partial charge is 0.247 e. The standard InChI is InChI=1S/C7H10N2O2/c1-5(10)9-7(11)6-3-2-4-8-6/h2-3,6,8H,4H2,1H3,(H,9,10,11). The number of hydrogen-bond acceptors (Lipinski definition) is 3. The Kier molecular flexibility index (Phi) is 2.38. The lowest BCUT2D eigenvalue weighted by Gasteiger charge is -2.06. The summed E-state index contributed by atoms with van der Waals surface area (Å²) in [6.45, 7) is 2.01. The molecule has 0 bridgehead atoms. The molecule has 1 aliphatic heterocycles. The van der Waals surface area contributed by atoms with Crippen LogP contribution in [0.25, 0.3) is 0 Å². The molecule has 1 atom stereocenters. The molecule has 0 fully saturated rings. The van der Waals surface area contributed by atoms with Gasteiger partial charge >= 0.3 is 0 Å². The summed E-state index contributed by atoms with van der Waals surface area (Å²) in [6.07, 6.45) is 3.59. The van der Waals surface area contributed by atoms with Gasteiger partial charge in [-0.1, -0.05) is 12.2 Å². The van der Waals surface area contributed by atoms with E-state index in [-0.39, 0.29) is 17.9 Å². The molecule has 1 heterocycles. The van der Waals surface area contributed by atoms with Crippen molar-refractivity contribution in [3.05, 3.63) is 12.2 Å². The fourth-order valence-electron chi connectivity index (χ4n) is 0.899. The Morgan fingerprint density at radius 2 is 2.36 bits per heavy atom. The van der Waals surface area contributed by atoms with Crippen LogP contribution < -0.4 is 10.6 Å². The van der Waals surface area contributed by atoms with Gasteiger partial charge in [-0.25, -0.2) is 0 Å². The summed E-state index contributed by atoms with van der Waals surface area (Å²) in [7, 11) is 0. The fraction of sp³-hybridized carbons (Fsp3) is 0.429. The number of carbonyl (C=O) groups is 2. The van der Waals surface area contributed by atoms with Crippen LogP contribution in [0.3, 0.4) is 0 Å². The van der Waals surface area contributed by atoms with E-state index in [2.05, 4.69) is 10.6 Å². The van der Waals surface area contributed by atoms with Crippen molar-refractivity contribution >= 4 is 11.8 Å². The molecule has 1 unspecified atom stereocenters. The maximum absolute atomic E-state index is 11.0. The Labute approximate surface area is 64.7 Å². The van der Waals surface area contributed by atoms with E-state index in [0.717, 1.165) is 0 Å². The van der Waals surface area contributed by atoms with Crippen molar-refractivity contribution in [2.45, 2.75) is 13.0 Å². The van der Waals surface area contributed by atoms with Crippen molar-refractivity contribution in [1.29, 1.82) is 0 Å². The van der Waals surface area contributed by atoms with Gasteiger partial charge in [0.2, 0.25) is 11.8 Å². The molecule has 4 heteroatoms. The normalized spacial score (nSPS) is 21.7. The highest BCUT2D eigenvalue weighted by Gasteiger charge is 2.17. The second-order valence-electron chi connectivity index (χ2n) is 2.36. The van der Waals surface area contributed by atoms with Crippen LogP contribution in [0.5, 0.6) is 0 Å². The SMILES string of the molecule is CC(=O)NC(=O)C1C=CCN1. The first-order valence-electron chi connectivity index (χ1n) is 3.41. The largest absolute Gasteiger partial charge is 0.299 e. The number of amides is 2. The number of imide groups is 1. The zero-order valence-corrected chi connectivity index (χ0v) is 6.26. The van der Waals surface area contributed by atoms with Crippen molar-refractivity contribution in [2.75, 3.05) is 6.54 Å². The van der Waals surface area contributed by atoms with Crippen LogP contribution in [0.1, 0.15) is 6.92 Å². The molecule has 0 aromatic rings. The van der Waals surface area contributed by atoms with Gasteiger partial charge in [0.25, 0.3) is 0 Å². The molecular formula is C7H10N2O2. The van der Waals surface area contributed by atoms with E-state index >= 15 is 0 Å². The summed E-state index contributed by atoms with van der Waals surface area (Å²) < 4.78 is 0. The van der Waals surface area contributed by atoms with E-state index in [1.807, 2.05) is 6.08 Å². The van der Waals surface area contributed by atoms with Crippen molar-refractivity contribution < 1.29 is 9.59 Å². The Balaban J connectivity index is 2.41. The van der Waals surface area contributed by atoms with Crippen LogP contribution in [0, 0.1) is 0 Å². The first-order valence-corrected chi connectivity index (χ1v) is 3.41. The molecule has 0 aromatic heterocycles. The zero-order chi connectivity index (χ0) is 8.27. The molecule has 2 amide bonds. The van der Waals surface area contributed by atoms with Crippen molar-refractivity contribution in [3.63, 3.8) is 0 Å². The number of nitrogens with one attached hydrogen (secondary N) is 2. The van der Waals surface area contributed by atoms with Gasteiger partial charge in [-0.3, -0.25) is 20.2 Å². The van der Waals surface area contributed by atoms with Crippen LogP contribution in [-0.4, -0.2) is 24.4 Å². The summed E-state index contributed by atoms with van der Waals surface area (Å²) >= 11 is 0. The van der Waals surface area contributed by atoms with Crippen molar-refractivity contribution in [3.8, 4) is 0 Å². The predicted molar refractivity (Wildman–Crippen MR) is 39.8 cm³/mol. The summed E-state index contributed by atoms with van der Waals surface area (Å²) in [5.74, 6) is -0.608. The Bertz CT molecular complexity index is 210. The third kappa shape index (κ3) is 2.16.